The molecule has 1 aliphatic rings. The van der Waals surface area contributed by atoms with Crippen molar-refractivity contribution >= 4 is 22.8 Å². The van der Waals surface area contributed by atoms with E-state index in [1.54, 1.807) is 24.3 Å². The number of H-pyrrole nitrogens is 1. The third-order valence-corrected chi connectivity index (χ3v) is 5.01. The number of benzene rings is 1. The number of nitrogens with one attached hydrogen (secondary N) is 1. The number of amides is 1. The van der Waals surface area contributed by atoms with Gasteiger partial charge in [0.2, 0.25) is 0 Å². The second-order valence-electron chi connectivity index (χ2n) is 6.67. The Morgan fingerprint density at radius 1 is 1.38 bits per heavy atom. The maximum Gasteiger partial charge on any atom is 0.314 e. The maximum absolute atomic E-state index is 12.8. The Bertz CT molecular complexity index is 909. The molecule has 1 aromatic heterocycles. The first-order chi connectivity index (χ1) is 12.4. The fourth-order valence-electron chi connectivity index (χ4n) is 3.60. The molecule has 1 aliphatic heterocycles. The summed E-state index contributed by atoms with van der Waals surface area (Å²) in [4.78, 5) is 44.9. The van der Waals surface area contributed by atoms with E-state index in [1.807, 2.05) is 6.92 Å². The number of hydrogen-bond acceptors (Lipinski definition) is 5. The number of rotatable bonds is 4. The first-order valence-electron chi connectivity index (χ1n) is 8.59. The number of piperidine rings is 1. The summed E-state index contributed by atoms with van der Waals surface area (Å²) >= 11 is 0. The standard InChI is InChI=1S/C18H21N3O5/c1-2-8-18(17(25)26)10-21(9-7-13(18)22)16(24)14-19-12-6-4-3-5-11(12)15(23)20-14/h3-6,13,22H,2,7-10H2,1H3,(H,25,26)(H,19,20,23)/t13-,18-/m1/s1. The topological polar surface area (TPSA) is 124 Å². The number of aliphatic hydroxyl groups is 1. The van der Waals surface area contributed by atoms with Gasteiger partial charge in [0, 0.05) is 13.1 Å². The third-order valence-electron chi connectivity index (χ3n) is 5.01. The Kier molecular flexibility index (Phi) is 4.78. The van der Waals surface area contributed by atoms with E-state index in [9.17, 15) is 24.6 Å². The molecule has 1 saturated heterocycles. The summed E-state index contributed by atoms with van der Waals surface area (Å²) in [5.74, 6) is -1.79. The van der Waals surface area contributed by atoms with Gasteiger partial charge in [0.1, 0.15) is 5.41 Å². The number of aromatic nitrogens is 2. The highest BCUT2D eigenvalue weighted by Crippen LogP contribution is 2.35. The fourth-order valence-corrected chi connectivity index (χ4v) is 3.60. The average molecular weight is 359 g/mol. The number of aliphatic carboxylic acids is 1. The molecular formula is C18H21N3O5. The molecule has 26 heavy (non-hydrogen) atoms. The highest BCUT2D eigenvalue weighted by atomic mass is 16.4. The summed E-state index contributed by atoms with van der Waals surface area (Å²) in [5.41, 5.74) is -1.43. The van der Waals surface area contributed by atoms with Crippen LogP contribution < -0.4 is 5.56 Å². The van der Waals surface area contributed by atoms with Gasteiger partial charge >= 0.3 is 5.97 Å². The van der Waals surface area contributed by atoms with Crippen LogP contribution in [-0.4, -0.2) is 56.2 Å². The molecule has 3 N–H and O–H groups in total. The summed E-state index contributed by atoms with van der Waals surface area (Å²) in [7, 11) is 0. The Morgan fingerprint density at radius 2 is 2.12 bits per heavy atom. The molecule has 0 aliphatic carbocycles. The van der Waals surface area contributed by atoms with Crippen LogP contribution in [0.2, 0.25) is 0 Å². The van der Waals surface area contributed by atoms with Gasteiger partial charge in [-0.1, -0.05) is 25.5 Å². The van der Waals surface area contributed by atoms with Crippen LogP contribution in [0.5, 0.6) is 0 Å². The van der Waals surface area contributed by atoms with E-state index >= 15 is 0 Å². The number of fused-ring (bicyclic) bond motifs is 1. The molecule has 138 valence electrons. The number of carboxylic acid groups (broad SMARTS) is 1. The molecule has 2 aromatic rings. The van der Waals surface area contributed by atoms with Crippen molar-refractivity contribution in [1.82, 2.24) is 14.9 Å². The van der Waals surface area contributed by atoms with Crippen molar-refractivity contribution in [3.05, 3.63) is 40.4 Å². The minimum absolute atomic E-state index is 0.118. The molecule has 3 rings (SSSR count). The SMILES string of the molecule is CCC[C@@]1(C(=O)O)CN(C(=O)c2nc3ccccc3c(=O)[nH]2)CC[C@H]1O. The molecule has 8 nitrogen and oxygen atoms in total. The van der Waals surface area contributed by atoms with Gasteiger partial charge in [-0.05, 0) is 25.0 Å². The first kappa shape index (κ1) is 18.1. The van der Waals surface area contributed by atoms with Crippen LogP contribution in [0, 0.1) is 5.41 Å². The third kappa shape index (κ3) is 2.96. The monoisotopic (exact) mass is 359 g/mol. The van der Waals surface area contributed by atoms with E-state index in [4.69, 9.17) is 0 Å². The number of nitrogens with zero attached hydrogens (tertiary/aromatic N) is 2. The zero-order valence-corrected chi connectivity index (χ0v) is 14.4. The van der Waals surface area contributed by atoms with Gasteiger partial charge in [-0.3, -0.25) is 14.4 Å². The summed E-state index contributed by atoms with van der Waals surface area (Å²) in [5, 5.41) is 20.3. The lowest BCUT2D eigenvalue weighted by atomic mass is 9.74. The van der Waals surface area contributed by atoms with Crippen molar-refractivity contribution in [2.24, 2.45) is 5.41 Å². The molecule has 1 fully saturated rings. The number of likely N-dealkylation sites (tertiary alicyclic amines) is 1. The van der Waals surface area contributed by atoms with Crippen LogP contribution in [0.4, 0.5) is 0 Å². The molecule has 2 heterocycles. The number of carboxylic acids is 1. The van der Waals surface area contributed by atoms with Gasteiger partial charge in [-0.25, -0.2) is 4.98 Å². The Balaban J connectivity index is 1.95. The van der Waals surface area contributed by atoms with Crippen LogP contribution >= 0.6 is 0 Å². The molecular weight excluding hydrogens is 338 g/mol. The van der Waals surface area contributed by atoms with Crippen molar-refractivity contribution < 1.29 is 19.8 Å². The quantitative estimate of drug-likeness (QED) is 0.748. The Morgan fingerprint density at radius 3 is 2.81 bits per heavy atom. The van der Waals surface area contributed by atoms with E-state index in [0.29, 0.717) is 17.3 Å². The molecule has 8 heteroatoms. The number of carbonyl (C=O) groups is 2. The van der Waals surface area contributed by atoms with Crippen molar-refractivity contribution in [2.45, 2.75) is 32.3 Å². The summed E-state index contributed by atoms with van der Waals surface area (Å²) in [6, 6.07) is 6.68. The number of carbonyl (C=O) groups excluding carboxylic acids is 1. The Hall–Kier alpha value is -2.74. The van der Waals surface area contributed by atoms with Crippen LogP contribution in [-0.2, 0) is 4.79 Å². The zero-order valence-electron chi connectivity index (χ0n) is 14.4. The van der Waals surface area contributed by atoms with Crippen molar-refractivity contribution in [3.63, 3.8) is 0 Å². The number of para-hydroxylation sites is 1. The van der Waals surface area contributed by atoms with Gasteiger partial charge in [-0.2, -0.15) is 0 Å². The van der Waals surface area contributed by atoms with E-state index in [2.05, 4.69) is 9.97 Å². The first-order valence-corrected chi connectivity index (χ1v) is 8.59. The molecule has 0 unspecified atom stereocenters. The molecule has 1 aromatic carbocycles. The fraction of sp³-hybridized carbons (Fsp3) is 0.444. The van der Waals surface area contributed by atoms with Gasteiger partial charge in [-0.15, -0.1) is 0 Å². The van der Waals surface area contributed by atoms with Crippen LogP contribution in [0.1, 0.15) is 36.8 Å². The largest absolute Gasteiger partial charge is 0.481 e. The van der Waals surface area contributed by atoms with Crippen LogP contribution in [0.3, 0.4) is 0 Å². The second-order valence-corrected chi connectivity index (χ2v) is 6.67. The summed E-state index contributed by atoms with van der Waals surface area (Å²) in [6.45, 7) is 1.92. The predicted octanol–water partition coefficient (Wildman–Crippen LogP) is 1.00. The average Bonchev–Trinajstić information content (AvgIpc) is 2.63. The number of hydrogen-bond donors (Lipinski definition) is 3. The zero-order chi connectivity index (χ0) is 18.9. The summed E-state index contributed by atoms with van der Waals surface area (Å²) < 4.78 is 0. The highest BCUT2D eigenvalue weighted by Gasteiger charge is 2.49. The minimum Gasteiger partial charge on any atom is -0.481 e. The van der Waals surface area contributed by atoms with Crippen molar-refractivity contribution in [3.8, 4) is 0 Å². The molecule has 2 atom stereocenters. The van der Waals surface area contributed by atoms with Crippen molar-refractivity contribution in [2.75, 3.05) is 13.1 Å². The van der Waals surface area contributed by atoms with Crippen LogP contribution in [0.25, 0.3) is 10.9 Å². The normalized spacial score (nSPS) is 23.2. The predicted molar refractivity (Wildman–Crippen MR) is 93.9 cm³/mol. The van der Waals surface area contributed by atoms with E-state index in [1.165, 1.54) is 4.90 Å². The van der Waals surface area contributed by atoms with E-state index < -0.39 is 29.0 Å². The second kappa shape index (κ2) is 6.87. The molecule has 0 saturated carbocycles. The lowest BCUT2D eigenvalue weighted by Gasteiger charge is -2.43. The van der Waals surface area contributed by atoms with Gasteiger partial charge < -0.3 is 20.1 Å². The van der Waals surface area contributed by atoms with Crippen LogP contribution in [0.15, 0.2) is 29.1 Å². The van der Waals surface area contributed by atoms with Gasteiger partial charge in [0.15, 0.2) is 5.82 Å². The number of aromatic amines is 1. The van der Waals surface area contributed by atoms with Crippen molar-refractivity contribution in [1.29, 1.82) is 0 Å². The lowest BCUT2D eigenvalue weighted by Crippen LogP contribution is -2.57. The molecule has 0 spiro atoms. The molecule has 1 amide bonds. The van der Waals surface area contributed by atoms with Gasteiger partial charge in [0.25, 0.3) is 11.5 Å². The molecule has 0 radical (unpaired) electrons. The summed E-state index contributed by atoms with van der Waals surface area (Å²) in [6.07, 6.45) is -0.0334. The lowest BCUT2D eigenvalue weighted by molar-refractivity contribution is -0.162. The Labute approximate surface area is 149 Å². The number of aliphatic hydroxyl groups excluding tert-OH is 1. The highest BCUT2D eigenvalue weighted by molar-refractivity contribution is 5.93. The maximum atomic E-state index is 12.8. The van der Waals surface area contributed by atoms with Gasteiger partial charge in [0.05, 0.1) is 17.0 Å². The van der Waals surface area contributed by atoms with E-state index in [0.717, 1.165) is 0 Å². The van der Waals surface area contributed by atoms with E-state index in [-0.39, 0.29) is 31.8 Å². The minimum atomic E-state index is -1.40. The molecule has 0 bridgehead atoms. The smallest absolute Gasteiger partial charge is 0.314 e.